The topological polar surface area (TPSA) is 71.3 Å². The molecule has 0 fully saturated rings. The van der Waals surface area contributed by atoms with Gasteiger partial charge < -0.3 is 14.8 Å². The van der Waals surface area contributed by atoms with Gasteiger partial charge in [0.2, 0.25) is 0 Å². The zero-order valence-corrected chi connectivity index (χ0v) is 20.5. The maximum atomic E-state index is 14.0. The normalized spacial score (nSPS) is 11.0. The van der Waals surface area contributed by atoms with Crippen molar-refractivity contribution in [1.29, 1.82) is 5.26 Å². The molecule has 0 saturated heterocycles. The van der Waals surface area contributed by atoms with E-state index >= 15 is 0 Å². The summed E-state index contributed by atoms with van der Waals surface area (Å²) in [7, 11) is 0. The van der Waals surface area contributed by atoms with Crippen molar-refractivity contribution in [1.82, 2.24) is 0 Å². The van der Waals surface area contributed by atoms with Crippen molar-refractivity contribution in [3.05, 3.63) is 93.2 Å². The number of nitrogens with zero attached hydrogens (tertiary/aromatic N) is 1. The largest absolute Gasteiger partial charge is 0.490 e. The van der Waals surface area contributed by atoms with Crippen LogP contribution in [0.2, 0.25) is 0 Å². The van der Waals surface area contributed by atoms with E-state index in [0.29, 0.717) is 39.4 Å². The van der Waals surface area contributed by atoms with Crippen molar-refractivity contribution in [3.8, 4) is 17.6 Å². The molecule has 1 amide bonds. The second-order valence-corrected chi connectivity index (χ2v) is 8.13. The smallest absolute Gasteiger partial charge is 0.266 e. The Balaban J connectivity index is 1.87. The molecule has 0 aliphatic carbocycles. The predicted octanol–water partition coefficient (Wildman–Crippen LogP) is 6.67. The number of aryl methyl sites for hydroxylation is 1. The maximum Gasteiger partial charge on any atom is 0.266 e. The van der Waals surface area contributed by atoms with Gasteiger partial charge in [-0.25, -0.2) is 4.39 Å². The fourth-order valence-corrected chi connectivity index (χ4v) is 3.87. The number of rotatable bonds is 9. The highest BCUT2D eigenvalue weighted by atomic mass is 79.9. The van der Waals surface area contributed by atoms with Gasteiger partial charge >= 0.3 is 0 Å². The minimum atomic E-state index is -0.502. The van der Waals surface area contributed by atoms with Gasteiger partial charge in [0, 0.05) is 11.3 Å². The van der Waals surface area contributed by atoms with Crippen LogP contribution < -0.4 is 14.8 Å². The van der Waals surface area contributed by atoms with E-state index in [1.165, 1.54) is 12.1 Å². The van der Waals surface area contributed by atoms with Crippen molar-refractivity contribution in [2.75, 3.05) is 11.9 Å². The van der Waals surface area contributed by atoms with Gasteiger partial charge in [0.1, 0.15) is 24.1 Å². The highest BCUT2D eigenvalue weighted by molar-refractivity contribution is 9.10. The molecule has 0 aliphatic rings. The second kappa shape index (κ2) is 12.0. The standard InChI is InChI=1S/C27H24BrFN2O3/c1-3-19-9-6-8-12-24(19)31-27(32)21(16-30)13-18-14-22(28)26(25(15-18)33-4-2)34-17-20-10-5-7-11-23(20)29/h5-15H,3-4,17H2,1-2H3,(H,31,32)/b21-13+. The van der Waals surface area contributed by atoms with E-state index in [1.54, 1.807) is 36.4 Å². The van der Waals surface area contributed by atoms with Crippen LogP contribution in [-0.4, -0.2) is 12.5 Å². The summed E-state index contributed by atoms with van der Waals surface area (Å²) in [6.45, 7) is 4.21. The van der Waals surface area contributed by atoms with Crippen molar-refractivity contribution in [3.63, 3.8) is 0 Å². The van der Waals surface area contributed by atoms with Crippen molar-refractivity contribution < 1.29 is 18.7 Å². The number of carbonyl (C=O) groups is 1. The van der Waals surface area contributed by atoms with Crippen LogP contribution in [0.15, 0.2) is 70.7 Å². The van der Waals surface area contributed by atoms with E-state index in [1.807, 2.05) is 38.1 Å². The van der Waals surface area contributed by atoms with Crippen LogP contribution in [-0.2, 0) is 17.8 Å². The van der Waals surface area contributed by atoms with E-state index in [4.69, 9.17) is 9.47 Å². The molecule has 0 atom stereocenters. The van der Waals surface area contributed by atoms with Crippen molar-refractivity contribution in [2.45, 2.75) is 26.9 Å². The predicted molar refractivity (Wildman–Crippen MR) is 134 cm³/mol. The van der Waals surface area contributed by atoms with Crippen LogP contribution in [0, 0.1) is 17.1 Å². The number of nitriles is 1. The first-order chi connectivity index (χ1) is 16.5. The Morgan fingerprint density at radius 2 is 1.79 bits per heavy atom. The minimum Gasteiger partial charge on any atom is -0.490 e. The van der Waals surface area contributed by atoms with Crippen LogP contribution in [0.3, 0.4) is 0 Å². The van der Waals surface area contributed by atoms with Gasteiger partial charge in [-0.15, -0.1) is 0 Å². The lowest BCUT2D eigenvalue weighted by molar-refractivity contribution is -0.112. The zero-order chi connectivity index (χ0) is 24.5. The first-order valence-corrected chi connectivity index (χ1v) is 11.6. The van der Waals surface area contributed by atoms with Gasteiger partial charge in [-0.3, -0.25) is 4.79 Å². The molecule has 1 N–H and O–H groups in total. The highest BCUT2D eigenvalue weighted by Crippen LogP contribution is 2.38. The number of carbonyl (C=O) groups excluding carboxylic acids is 1. The number of halogens is 2. The van der Waals surface area contributed by atoms with E-state index < -0.39 is 5.91 Å². The van der Waals surface area contributed by atoms with Gasteiger partial charge in [-0.05, 0) is 70.7 Å². The number of amides is 1. The van der Waals surface area contributed by atoms with E-state index in [-0.39, 0.29) is 18.0 Å². The molecule has 0 aliphatic heterocycles. The molecule has 174 valence electrons. The summed E-state index contributed by atoms with van der Waals surface area (Å²) in [6.07, 6.45) is 2.23. The fraction of sp³-hybridized carbons (Fsp3) is 0.185. The summed E-state index contributed by atoms with van der Waals surface area (Å²) < 4.78 is 26.1. The van der Waals surface area contributed by atoms with E-state index in [2.05, 4.69) is 21.2 Å². The third kappa shape index (κ3) is 6.24. The first-order valence-electron chi connectivity index (χ1n) is 10.8. The average Bonchev–Trinajstić information content (AvgIpc) is 2.83. The Morgan fingerprint density at radius 3 is 2.47 bits per heavy atom. The summed E-state index contributed by atoms with van der Waals surface area (Å²) in [5.41, 5.74) is 2.58. The second-order valence-electron chi connectivity index (χ2n) is 7.28. The van der Waals surface area contributed by atoms with E-state index in [9.17, 15) is 14.4 Å². The lowest BCUT2D eigenvalue weighted by Crippen LogP contribution is -2.14. The lowest BCUT2D eigenvalue weighted by atomic mass is 10.1. The molecule has 5 nitrogen and oxygen atoms in total. The molecule has 34 heavy (non-hydrogen) atoms. The third-order valence-corrected chi connectivity index (χ3v) is 5.57. The summed E-state index contributed by atoms with van der Waals surface area (Å²) in [5, 5.41) is 12.4. The quantitative estimate of drug-likeness (QED) is 0.251. The molecular weight excluding hydrogens is 499 g/mol. The molecule has 0 unspecified atom stereocenters. The Hall–Kier alpha value is -3.63. The molecule has 3 rings (SSSR count). The number of para-hydroxylation sites is 1. The van der Waals surface area contributed by atoms with Gasteiger partial charge in [0.25, 0.3) is 5.91 Å². The zero-order valence-electron chi connectivity index (χ0n) is 18.9. The Labute approximate surface area is 207 Å². The summed E-state index contributed by atoms with van der Waals surface area (Å²) in [6, 6.07) is 19.2. The number of nitrogens with one attached hydrogen (secondary N) is 1. The molecule has 0 aromatic heterocycles. The summed E-state index contributed by atoms with van der Waals surface area (Å²) in [5.74, 6) is -0.0432. The Bertz CT molecular complexity index is 1250. The minimum absolute atomic E-state index is 0.0171. The van der Waals surface area contributed by atoms with Crippen molar-refractivity contribution in [2.24, 2.45) is 0 Å². The van der Waals surface area contributed by atoms with Crippen LogP contribution >= 0.6 is 15.9 Å². The number of hydrogen-bond donors (Lipinski definition) is 1. The molecule has 0 radical (unpaired) electrons. The lowest BCUT2D eigenvalue weighted by Gasteiger charge is -2.15. The Morgan fingerprint density at radius 1 is 1.09 bits per heavy atom. The molecule has 0 bridgehead atoms. The fourth-order valence-electron chi connectivity index (χ4n) is 3.30. The number of hydrogen-bond acceptors (Lipinski definition) is 4. The monoisotopic (exact) mass is 522 g/mol. The van der Waals surface area contributed by atoms with E-state index in [0.717, 1.165) is 12.0 Å². The summed E-state index contributed by atoms with van der Waals surface area (Å²) in [4.78, 5) is 12.8. The molecular formula is C27H24BrFN2O3. The Kier molecular flexibility index (Phi) is 8.83. The maximum absolute atomic E-state index is 14.0. The average molecular weight is 523 g/mol. The first kappa shape index (κ1) is 25.0. The third-order valence-electron chi connectivity index (χ3n) is 4.98. The van der Waals surface area contributed by atoms with Gasteiger partial charge in [-0.1, -0.05) is 43.3 Å². The van der Waals surface area contributed by atoms with Crippen LogP contribution in [0.4, 0.5) is 10.1 Å². The molecule has 3 aromatic rings. The molecule has 0 saturated carbocycles. The van der Waals surface area contributed by atoms with Crippen LogP contribution in [0.25, 0.3) is 6.08 Å². The van der Waals surface area contributed by atoms with Crippen LogP contribution in [0.5, 0.6) is 11.5 Å². The molecule has 3 aromatic carbocycles. The molecule has 0 spiro atoms. The number of anilines is 1. The SMILES string of the molecule is CCOc1cc(/C=C(\C#N)C(=O)Nc2ccccc2CC)cc(Br)c1OCc1ccccc1F. The van der Waals surface area contributed by atoms with Crippen LogP contribution in [0.1, 0.15) is 30.5 Å². The molecule has 0 heterocycles. The van der Waals surface area contributed by atoms with Crippen molar-refractivity contribution >= 4 is 33.6 Å². The molecule has 7 heteroatoms. The van der Waals surface area contributed by atoms with Gasteiger partial charge in [0.15, 0.2) is 11.5 Å². The summed E-state index contributed by atoms with van der Waals surface area (Å²) >= 11 is 3.47. The number of benzene rings is 3. The number of ether oxygens (including phenoxy) is 2. The van der Waals surface area contributed by atoms with Gasteiger partial charge in [0.05, 0.1) is 11.1 Å². The van der Waals surface area contributed by atoms with Gasteiger partial charge in [-0.2, -0.15) is 5.26 Å². The highest BCUT2D eigenvalue weighted by Gasteiger charge is 2.16.